The molecule has 0 N–H and O–H groups in total. The summed E-state index contributed by atoms with van der Waals surface area (Å²) in [4.78, 5) is 24.2. The van der Waals surface area contributed by atoms with Crippen LogP contribution < -0.4 is 4.90 Å². The quantitative estimate of drug-likeness (QED) is 0.531. The molecule has 0 unspecified atom stereocenters. The van der Waals surface area contributed by atoms with Crippen LogP contribution in [0.15, 0.2) is 41.3 Å². The Balaban J connectivity index is 1.65. The van der Waals surface area contributed by atoms with Gasteiger partial charge in [0, 0.05) is 26.2 Å². The van der Waals surface area contributed by atoms with Gasteiger partial charge in [-0.05, 0) is 68.7 Å². The molecule has 0 aliphatic carbocycles. The van der Waals surface area contributed by atoms with E-state index in [1.807, 2.05) is 43.9 Å². The summed E-state index contributed by atoms with van der Waals surface area (Å²) in [5.41, 5.74) is 4.52. The maximum Gasteiger partial charge on any atom is 0.360 e. The van der Waals surface area contributed by atoms with Crippen molar-refractivity contribution in [3.05, 3.63) is 58.8 Å². The number of hydrogen-bond donors (Lipinski definition) is 0. The third-order valence-corrected chi connectivity index (χ3v) is 7.79. The second-order valence-corrected chi connectivity index (χ2v) is 10.2. The Morgan fingerprint density at radius 2 is 1.61 bits per heavy atom. The highest BCUT2D eigenvalue weighted by molar-refractivity contribution is 7.89. The van der Waals surface area contributed by atoms with Gasteiger partial charge in [-0.2, -0.15) is 4.31 Å². The lowest BCUT2D eigenvalue weighted by atomic mass is 10.1. The van der Waals surface area contributed by atoms with E-state index in [4.69, 9.17) is 9.72 Å². The molecule has 0 saturated carbocycles. The Kier molecular flexibility index (Phi) is 6.36. The number of benzene rings is 2. The van der Waals surface area contributed by atoms with Crippen LogP contribution in [0.3, 0.4) is 0 Å². The molecule has 0 atom stereocenters. The lowest BCUT2D eigenvalue weighted by Gasteiger charge is -2.35. The van der Waals surface area contributed by atoms with Gasteiger partial charge in [0.25, 0.3) is 0 Å². The SMILES string of the molecule is CCOC(=O)c1nc2cc(C)c(C)cc2nc1N1CCN(S(=O)(=O)c2cccc(C)c2)CC1. The van der Waals surface area contributed by atoms with Crippen molar-refractivity contribution in [2.45, 2.75) is 32.6 Å². The summed E-state index contributed by atoms with van der Waals surface area (Å²) in [6.45, 7) is 9.19. The van der Waals surface area contributed by atoms with Crippen molar-refractivity contribution in [2.24, 2.45) is 0 Å². The van der Waals surface area contributed by atoms with E-state index in [-0.39, 0.29) is 25.4 Å². The largest absolute Gasteiger partial charge is 0.461 e. The molecule has 1 aliphatic heterocycles. The molecule has 1 saturated heterocycles. The number of carbonyl (C=O) groups excluding carboxylic acids is 1. The molecule has 2 aromatic carbocycles. The van der Waals surface area contributed by atoms with E-state index in [0.717, 1.165) is 16.7 Å². The standard InChI is InChI=1S/C24H28N4O4S/c1-5-32-24(29)22-23(26-21-15-18(4)17(3)14-20(21)25-22)27-9-11-28(12-10-27)33(30,31)19-8-6-7-16(2)13-19/h6-8,13-15H,5,9-12H2,1-4H3. The van der Waals surface area contributed by atoms with E-state index in [2.05, 4.69) is 4.98 Å². The number of hydrogen-bond acceptors (Lipinski definition) is 7. The first kappa shape index (κ1) is 23.1. The molecule has 8 nitrogen and oxygen atoms in total. The fourth-order valence-corrected chi connectivity index (χ4v) is 5.45. The maximum absolute atomic E-state index is 13.1. The number of nitrogens with zero attached hydrogens (tertiary/aromatic N) is 4. The fraction of sp³-hybridized carbons (Fsp3) is 0.375. The number of sulfonamides is 1. The molecule has 1 aromatic heterocycles. The van der Waals surface area contributed by atoms with Gasteiger partial charge in [0.05, 0.1) is 22.5 Å². The van der Waals surface area contributed by atoms with Gasteiger partial charge < -0.3 is 9.64 Å². The molecule has 2 heterocycles. The van der Waals surface area contributed by atoms with Gasteiger partial charge in [0.1, 0.15) is 0 Å². The number of aromatic nitrogens is 2. The van der Waals surface area contributed by atoms with Crippen LogP contribution in [-0.4, -0.2) is 61.4 Å². The number of ether oxygens (including phenoxy) is 1. The van der Waals surface area contributed by atoms with E-state index in [0.29, 0.717) is 34.8 Å². The third kappa shape index (κ3) is 4.56. The zero-order chi connectivity index (χ0) is 23.8. The van der Waals surface area contributed by atoms with Crippen molar-refractivity contribution < 1.29 is 17.9 Å². The smallest absolute Gasteiger partial charge is 0.360 e. The van der Waals surface area contributed by atoms with Gasteiger partial charge in [-0.3, -0.25) is 0 Å². The minimum absolute atomic E-state index is 0.155. The highest BCUT2D eigenvalue weighted by Gasteiger charge is 2.31. The third-order valence-electron chi connectivity index (χ3n) is 5.90. The zero-order valence-electron chi connectivity index (χ0n) is 19.3. The second-order valence-electron chi connectivity index (χ2n) is 8.25. The van der Waals surface area contributed by atoms with E-state index in [9.17, 15) is 13.2 Å². The predicted molar refractivity (Wildman–Crippen MR) is 127 cm³/mol. The van der Waals surface area contributed by atoms with Crippen molar-refractivity contribution in [3.8, 4) is 0 Å². The molecule has 33 heavy (non-hydrogen) atoms. The molecule has 0 spiro atoms. The van der Waals surface area contributed by atoms with Crippen LogP contribution in [0.2, 0.25) is 0 Å². The predicted octanol–water partition coefficient (Wildman–Crippen LogP) is 3.24. The average Bonchev–Trinajstić information content (AvgIpc) is 2.79. The zero-order valence-corrected chi connectivity index (χ0v) is 20.1. The molecule has 9 heteroatoms. The minimum Gasteiger partial charge on any atom is -0.461 e. The molecule has 0 radical (unpaired) electrons. The van der Waals surface area contributed by atoms with Crippen molar-refractivity contribution in [1.82, 2.24) is 14.3 Å². The Bertz CT molecular complexity index is 1320. The summed E-state index contributed by atoms with van der Waals surface area (Å²) in [5, 5.41) is 0. The number of carbonyl (C=O) groups is 1. The molecule has 1 aliphatic rings. The number of piperazine rings is 1. The van der Waals surface area contributed by atoms with Gasteiger partial charge in [-0.25, -0.2) is 23.2 Å². The first-order valence-corrected chi connectivity index (χ1v) is 12.4. The first-order valence-electron chi connectivity index (χ1n) is 11.0. The van der Waals surface area contributed by atoms with E-state index >= 15 is 0 Å². The molecule has 174 valence electrons. The Morgan fingerprint density at radius 3 is 2.21 bits per heavy atom. The maximum atomic E-state index is 13.1. The molecular formula is C24H28N4O4S. The molecule has 1 fully saturated rings. The summed E-state index contributed by atoms with van der Waals surface area (Å²) < 4.78 is 32.9. The molecule has 0 bridgehead atoms. The van der Waals surface area contributed by atoms with Gasteiger partial charge >= 0.3 is 5.97 Å². The Morgan fingerprint density at radius 1 is 0.970 bits per heavy atom. The topological polar surface area (TPSA) is 92.7 Å². The molecule has 0 amide bonds. The monoisotopic (exact) mass is 468 g/mol. The van der Waals surface area contributed by atoms with E-state index in [1.165, 1.54) is 4.31 Å². The van der Waals surface area contributed by atoms with Crippen molar-refractivity contribution in [1.29, 1.82) is 0 Å². The van der Waals surface area contributed by atoms with Crippen LogP contribution in [0, 0.1) is 20.8 Å². The first-order chi connectivity index (χ1) is 15.7. The molecule has 4 rings (SSSR count). The minimum atomic E-state index is -3.59. The summed E-state index contributed by atoms with van der Waals surface area (Å²) in [6.07, 6.45) is 0. The van der Waals surface area contributed by atoms with Crippen LogP contribution in [0.5, 0.6) is 0 Å². The van der Waals surface area contributed by atoms with Crippen LogP contribution in [0.1, 0.15) is 34.1 Å². The number of anilines is 1. The van der Waals surface area contributed by atoms with Gasteiger partial charge in [0.15, 0.2) is 11.5 Å². The number of rotatable bonds is 5. The van der Waals surface area contributed by atoms with E-state index < -0.39 is 16.0 Å². The highest BCUT2D eigenvalue weighted by Crippen LogP contribution is 2.26. The highest BCUT2D eigenvalue weighted by atomic mass is 32.2. The van der Waals surface area contributed by atoms with Crippen molar-refractivity contribution in [3.63, 3.8) is 0 Å². The van der Waals surface area contributed by atoms with Crippen LogP contribution in [0.4, 0.5) is 5.82 Å². The lowest BCUT2D eigenvalue weighted by Crippen LogP contribution is -2.49. The van der Waals surface area contributed by atoms with Crippen molar-refractivity contribution in [2.75, 3.05) is 37.7 Å². The van der Waals surface area contributed by atoms with Gasteiger partial charge in [-0.15, -0.1) is 0 Å². The Hall–Kier alpha value is -3.04. The summed E-state index contributed by atoms with van der Waals surface area (Å²) in [6, 6.07) is 10.8. The molecule has 3 aromatic rings. The van der Waals surface area contributed by atoms with E-state index in [1.54, 1.807) is 25.1 Å². The number of esters is 1. The van der Waals surface area contributed by atoms with Crippen LogP contribution >= 0.6 is 0 Å². The summed E-state index contributed by atoms with van der Waals surface area (Å²) in [5.74, 6) is -0.105. The normalized spacial score (nSPS) is 15.1. The van der Waals surface area contributed by atoms with Crippen LogP contribution in [-0.2, 0) is 14.8 Å². The Labute approximate surface area is 194 Å². The van der Waals surface area contributed by atoms with Crippen molar-refractivity contribution >= 4 is 32.8 Å². The second kappa shape index (κ2) is 9.07. The fourth-order valence-electron chi connectivity index (χ4n) is 3.92. The lowest BCUT2D eigenvalue weighted by molar-refractivity contribution is 0.0520. The summed E-state index contributed by atoms with van der Waals surface area (Å²) in [7, 11) is -3.59. The number of fused-ring (bicyclic) bond motifs is 1. The molecular weight excluding hydrogens is 440 g/mol. The average molecular weight is 469 g/mol. The van der Waals surface area contributed by atoms with Crippen LogP contribution in [0.25, 0.3) is 11.0 Å². The van der Waals surface area contributed by atoms with Gasteiger partial charge in [0.2, 0.25) is 10.0 Å². The van der Waals surface area contributed by atoms with Gasteiger partial charge in [-0.1, -0.05) is 12.1 Å². The summed E-state index contributed by atoms with van der Waals surface area (Å²) >= 11 is 0. The number of aryl methyl sites for hydroxylation is 3.